The van der Waals surface area contributed by atoms with E-state index in [1.54, 1.807) is 6.92 Å². The number of carbonyl (C=O) groups is 2. The number of halogens is 1. The van der Waals surface area contributed by atoms with E-state index in [-0.39, 0.29) is 97.3 Å². The van der Waals surface area contributed by atoms with Gasteiger partial charge in [0.2, 0.25) is 5.78 Å². The molecule has 7 nitrogen and oxygen atoms in total. The third kappa shape index (κ3) is 4.87. The van der Waals surface area contributed by atoms with Gasteiger partial charge in [-0.15, -0.1) is 11.3 Å². The van der Waals surface area contributed by atoms with Crippen LogP contribution in [0.4, 0.5) is 4.39 Å². The Morgan fingerprint density at radius 1 is 1.30 bits per heavy atom. The second kappa shape index (κ2) is 9.54. The van der Waals surface area contributed by atoms with Crippen LogP contribution in [0.25, 0.3) is 10.9 Å². The zero-order chi connectivity index (χ0) is 18.4. The fourth-order valence-corrected chi connectivity index (χ4v) is 3.88. The van der Waals surface area contributed by atoms with Gasteiger partial charge in [-0.3, -0.25) is 9.59 Å². The van der Waals surface area contributed by atoms with Gasteiger partial charge in [-0.2, -0.15) is 0 Å². The van der Waals surface area contributed by atoms with Crippen LogP contribution in [0.5, 0.6) is 0 Å². The average molecular weight is 426 g/mol. The normalized spacial score (nSPS) is 11.0. The van der Waals surface area contributed by atoms with Crippen molar-refractivity contribution in [2.45, 2.75) is 13.3 Å². The molecule has 0 radical (unpaired) electrons. The second-order valence-corrected chi connectivity index (χ2v) is 7.36. The van der Waals surface area contributed by atoms with Crippen molar-refractivity contribution in [2.75, 3.05) is 0 Å². The molecule has 0 bridgehead atoms. The fraction of sp³-hybridized carbons (Fsp3) is 0.133. The molecule has 130 valence electrons. The Labute approximate surface area is 201 Å². The van der Waals surface area contributed by atoms with Crippen LogP contribution < -0.4 is 68.9 Å². The van der Waals surface area contributed by atoms with Gasteiger partial charge in [0, 0.05) is 31.1 Å². The maximum atomic E-state index is 14.0. The maximum Gasteiger partial charge on any atom is 1.00 e. The molecule has 12 heteroatoms. The van der Waals surface area contributed by atoms with Crippen molar-refractivity contribution in [1.29, 1.82) is 0 Å². The predicted octanol–water partition coefficient (Wildman–Crippen LogP) is -4.25. The molecule has 0 atom stereocenters. The van der Waals surface area contributed by atoms with Crippen LogP contribution in [0.2, 0.25) is 0 Å². The molecular formula is C15H10FN2Na2O5PS. The molecule has 0 fully saturated rings. The molecule has 27 heavy (non-hydrogen) atoms. The molecule has 0 aliphatic heterocycles. The van der Waals surface area contributed by atoms with Gasteiger partial charge in [0.25, 0.3) is 0 Å². The van der Waals surface area contributed by atoms with Gasteiger partial charge in [0.05, 0.1) is 11.1 Å². The average Bonchev–Trinajstić information content (AvgIpc) is 3.18. The quantitative estimate of drug-likeness (QED) is 0.232. The second-order valence-electron chi connectivity index (χ2n) is 5.14. The molecule has 0 amide bonds. The summed E-state index contributed by atoms with van der Waals surface area (Å²) >= 11 is 0.916. The van der Waals surface area contributed by atoms with Crippen LogP contribution >= 0.6 is 19.1 Å². The molecule has 2 heterocycles. The summed E-state index contributed by atoms with van der Waals surface area (Å²) in [6.45, 7) is 1.65. The topological polar surface area (TPSA) is 115 Å². The third-order valence-corrected chi connectivity index (χ3v) is 5.26. The van der Waals surface area contributed by atoms with Gasteiger partial charge < -0.3 is 18.7 Å². The Kier molecular flexibility index (Phi) is 8.78. The van der Waals surface area contributed by atoms with Gasteiger partial charge in [-0.25, -0.2) is 9.37 Å². The zero-order valence-corrected chi connectivity index (χ0v) is 20.5. The van der Waals surface area contributed by atoms with Gasteiger partial charge in [0.1, 0.15) is 11.5 Å². The molecule has 0 saturated carbocycles. The van der Waals surface area contributed by atoms with Gasteiger partial charge >= 0.3 is 59.1 Å². The number of ketones is 2. The van der Waals surface area contributed by atoms with E-state index in [9.17, 15) is 28.3 Å². The molecule has 1 aromatic carbocycles. The Morgan fingerprint density at radius 2 is 1.96 bits per heavy atom. The zero-order valence-electron chi connectivity index (χ0n) is 14.8. The van der Waals surface area contributed by atoms with Gasteiger partial charge in [0.15, 0.2) is 10.8 Å². The summed E-state index contributed by atoms with van der Waals surface area (Å²) in [6, 6.07) is 3.63. The number of fused-ring (bicyclic) bond motifs is 1. The van der Waals surface area contributed by atoms with Crippen molar-refractivity contribution in [3.05, 3.63) is 51.9 Å². The molecule has 3 aromatic rings. The third-order valence-electron chi connectivity index (χ3n) is 3.57. The minimum absolute atomic E-state index is 0. The van der Waals surface area contributed by atoms with Crippen LogP contribution in [-0.4, -0.2) is 20.9 Å². The number of hydrogen-bond acceptors (Lipinski definition) is 7. The summed E-state index contributed by atoms with van der Waals surface area (Å²) in [4.78, 5) is 51.0. The van der Waals surface area contributed by atoms with E-state index in [0.29, 0.717) is 0 Å². The van der Waals surface area contributed by atoms with Crippen LogP contribution in [-0.2, 0) is 4.57 Å². The number of thiazole rings is 1. The predicted molar refractivity (Wildman–Crippen MR) is 85.1 cm³/mol. The van der Waals surface area contributed by atoms with Crippen molar-refractivity contribution in [2.24, 2.45) is 0 Å². The van der Waals surface area contributed by atoms with Crippen molar-refractivity contribution in [3.8, 4) is 0 Å². The smallest absolute Gasteiger partial charge is 0.795 e. The molecule has 2 aromatic heterocycles. The fourth-order valence-electron chi connectivity index (χ4n) is 2.40. The molecule has 0 N–H and O–H groups in total. The summed E-state index contributed by atoms with van der Waals surface area (Å²) in [5, 5.41) is 1.35. The summed E-state index contributed by atoms with van der Waals surface area (Å²) in [5.41, 5.74) is -0.532. The van der Waals surface area contributed by atoms with Gasteiger partial charge in [-0.05, 0) is 6.07 Å². The molecule has 3 rings (SSSR count). The molecule has 0 spiro atoms. The summed E-state index contributed by atoms with van der Waals surface area (Å²) in [6.07, 6.45) is 1.01. The molecule has 0 unspecified atom stereocenters. The number of benzene rings is 1. The minimum Gasteiger partial charge on any atom is -0.795 e. The monoisotopic (exact) mass is 426 g/mol. The van der Waals surface area contributed by atoms with E-state index in [2.05, 4.69) is 4.98 Å². The van der Waals surface area contributed by atoms with E-state index in [1.807, 2.05) is 0 Å². The maximum absolute atomic E-state index is 14.0. The number of rotatable bonds is 5. The summed E-state index contributed by atoms with van der Waals surface area (Å²) in [7, 11) is -5.36. The largest absolute Gasteiger partial charge is 1.00 e. The van der Waals surface area contributed by atoms with Crippen molar-refractivity contribution >= 4 is 41.6 Å². The molecule has 0 aliphatic carbocycles. The standard InChI is InChI=1S/C15H12FN2O5PS.2Na/c1-2-12(19)11-7-25-15(17-11)14(20)9-6-18(24(21,22)23)13-8(9)4-3-5-10(13)16;;/h3-7H,2H2,1H3,(H2,21,22,23);;/q;2*+1/p-2. The Bertz CT molecular complexity index is 1060. The first-order chi connectivity index (χ1) is 11.7. The Morgan fingerprint density at radius 3 is 2.56 bits per heavy atom. The minimum atomic E-state index is -5.36. The first kappa shape index (κ1) is 24.8. The number of para-hydroxylation sites is 1. The van der Waals surface area contributed by atoms with Crippen LogP contribution in [0.15, 0.2) is 29.8 Å². The number of Topliss-reactive ketones (excluding diaryl/α,β-unsaturated/α-hetero) is 1. The van der Waals surface area contributed by atoms with Crippen LogP contribution in [0.3, 0.4) is 0 Å². The number of hydrogen-bond donors (Lipinski definition) is 0. The van der Waals surface area contributed by atoms with Crippen LogP contribution in [0.1, 0.15) is 39.2 Å². The van der Waals surface area contributed by atoms with E-state index in [1.165, 1.54) is 17.5 Å². The van der Waals surface area contributed by atoms with Crippen LogP contribution in [0, 0.1) is 5.82 Å². The number of carbonyl (C=O) groups excluding carboxylic acids is 2. The SMILES string of the molecule is CCC(=O)c1csc(C(=O)c2cn(P(=O)([O-])[O-])c3c(F)cccc23)n1.[Na+].[Na+]. The van der Waals surface area contributed by atoms with Gasteiger partial charge in [-0.1, -0.05) is 19.1 Å². The number of nitrogens with zero attached hydrogens (tertiary/aromatic N) is 2. The summed E-state index contributed by atoms with van der Waals surface area (Å²) in [5.74, 6) is -1.88. The summed E-state index contributed by atoms with van der Waals surface area (Å²) < 4.78 is 25.6. The van der Waals surface area contributed by atoms with Crippen molar-refractivity contribution < 1.29 is 87.4 Å². The van der Waals surface area contributed by atoms with E-state index < -0.39 is 24.9 Å². The Hall–Kier alpha value is -0.190. The first-order valence-electron chi connectivity index (χ1n) is 7.10. The first-order valence-corrected chi connectivity index (χ1v) is 9.47. The van der Waals surface area contributed by atoms with E-state index >= 15 is 0 Å². The van der Waals surface area contributed by atoms with E-state index in [4.69, 9.17) is 0 Å². The van der Waals surface area contributed by atoms with Crippen molar-refractivity contribution in [1.82, 2.24) is 9.32 Å². The molecular weight excluding hydrogens is 416 g/mol. The molecule has 0 aliphatic rings. The Balaban J connectivity index is 0.00000182. The van der Waals surface area contributed by atoms with E-state index in [0.717, 1.165) is 23.6 Å². The molecule has 0 saturated heterocycles. The van der Waals surface area contributed by atoms with Crippen molar-refractivity contribution in [3.63, 3.8) is 0 Å². The number of aromatic nitrogens is 2.